The van der Waals surface area contributed by atoms with Crippen molar-refractivity contribution in [3.8, 4) is 0 Å². The second-order valence-electron chi connectivity index (χ2n) is 5.56. The summed E-state index contributed by atoms with van der Waals surface area (Å²) in [5, 5.41) is 11.7. The zero-order chi connectivity index (χ0) is 16.2. The van der Waals surface area contributed by atoms with Gasteiger partial charge in [0.15, 0.2) is 0 Å². The normalized spacial score (nSPS) is 13.0. The third-order valence-electron chi connectivity index (χ3n) is 3.97. The van der Waals surface area contributed by atoms with E-state index in [0.717, 1.165) is 18.4 Å². The topological polar surface area (TPSA) is 66.4 Å². The van der Waals surface area contributed by atoms with Crippen LogP contribution >= 0.6 is 0 Å². The summed E-state index contributed by atoms with van der Waals surface area (Å²) >= 11 is 0. The van der Waals surface area contributed by atoms with E-state index in [1.165, 1.54) is 29.7 Å². The van der Waals surface area contributed by atoms with Gasteiger partial charge in [-0.1, -0.05) is 30.3 Å². The van der Waals surface area contributed by atoms with Crippen molar-refractivity contribution in [2.45, 2.75) is 19.3 Å². The second-order valence-corrected chi connectivity index (χ2v) is 5.56. The van der Waals surface area contributed by atoms with Crippen molar-refractivity contribution in [1.29, 1.82) is 0 Å². The van der Waals surface area contributed by atoms with Gasteiger partial charge in [-0.2, -0.15) is 0 Å². The van der Waals surface area contributed by atoms with Crippen molar-refractivity contribution in [3.05, 3.63) is 70.8 Å². The fourth-order valence-corrected chi connectivity index (χ4v) is 2.82. The molecule has 1 aliphatic carbocycles. The molecule has 3 rings (SSSR count). The number of fused-ring (bicyclic) bond motifs is 1. The lowest BCUT2D eigenvalue weighted by molar-refractivity contribution is -0.111. The van der Waals surface area contributed by atoms with E-state index in [-0.39, 0.29) is 11.5 Å². The zero-order valence-electron chi connectivity index (χ0n) is 12.6. The molecule has 0 spiro atoms. The van der Waals surface area contributed by atoms with Crippen LogP contribution < -0.4 is 5.32 Å². The van der Waals surface area contributed by atoms with Gasteiger partial charge in [-0.3, -0.25) is 4.79 Å². The first kappa shape index (κ1) is 15.0. The SMILES string of the molecule is O=C(/C=C/c1ccc2c(c1)CCC2)Nc1ccccc1C(=O)O. The number of amides is 1. The van der Waals surface area contributed by atoms with E-state index in [1.807, 2.05) is 6.07 Å². The molecule has 4 nitrogen and oxygen atoms in total. The third kappa shape index (κ3) is 3.48. The van der Waals surface area contributed by atoms with Crippen LogP contribution in [0.2, 0.25) is 0 Å². The molecule has 0 saturated carbocycles. The molecule has 0 fully saturated rings. The highest BCUT2D eigenvalue weighted by Crippen LogP contribution is 2.23. The molecule has 1 aliphatic rings. The van der Waals surface area contributed by atoms with Crippen molar-refractivity contribution in [2.75, 3.05) is 5.32 Å². The molecule has 0 unspecified atom stereocenters. The minimum Gasteiger partial charge on any atom is -0.478 e. The predicted molar refractivity (Wildman–Crippen MR) is 89.5 cm³/mol. The van der Waals surface area contributed by atoms with E-state index in [4.69, 9.17) is 5.11 Å². The average molecular weight is 307 g/mol. The molecular formula is C19H17NO3. The molecule has 23 heavy (non-hydrogen) atoms. The molecule has 0 atom stereocenters. The van der Waals surface area contributed by atoms with E-state index < -0.39 is 5.97 Å². The summed E-state index contributed by atoms with van der Waals surface area (Å²) in [4.78, 5) is 23.1. The number of aromatic carboxylic acids is 1. The number of hydrogen-bond acceptors (Lipinski definition) is 2. The molecule has 2 aromatic rings. The van der Waals surface area contributed by atoms with Crippen LogP contribution in [0.25, 0.3) is 6.08 Å². The molecule has 0 radical (unpaired) electrons. The lowest BCUT2D eigenvalue weighted by Crippen LogP contribution is -2.11. The summed E-state index contributed by atoms with van der Waals surface area (Å²) in [6, 6.07) is 12.6. The quantitative estimate of drug-likeness (QED) is 0.849. The van der Waals surface area contributed by atoms with Crippen molar-refractivity contribution in [2.24, 2.45) is 0 Å². The largest absolute Gasteiger partial charge is 0.478 e. The van der Waals surface area contributed by atoms with Crippen LogP contribution in [0.5, 0.6) is 0 Å². The van der Waals surface area contributed by atoms with Gasteiger partial charge in [0.2, 0.25) is 5.91 Å². The first-order valence-electron chi connectivity index (χ1n) is 7.57. The second kappa shape index (κ2) is 6.48. The van der Waals surface area contributed by atoms with Gasteiger partial charge in [0.25, 0.3) is 0 Å². The molecule has 116 valence electrons. The third-order valence-corrected chi connectivity index (χ3v) is 3.97. The van der Waals surface area contributed by atoms with Crippen LogP contribution in [0.4, 0.5) is 5.69 Å². The number of para-hydroxylation sites is 1. The first-order chi connectivity index (χ1) is 11.1. The molecule has 2 N–H and O–H groups in total. The van der Waals surface area contributed by atoms with Gasteiger partial charge in [0, 0.05) is 6.08 Å². The van der Waals surface area contributed by atoms with Crippen molar-refractivity contribution < 1.29 is 14.7 Å². The summed E-state index contributed by atoms with van der Waals surface area (Å²) in [6.45, 7) is 0. The number of hydrogen-bond donors (Lipinski definition) is 2. The fourth-order valence-electron chi connectivity index (χ4n) is 2.82. The summed E-state index contributed by atoms with van der Waals surface area (Å²) in [5.41, 5.74) is 4.09. The Morgan fingerprint density at radius 3 is 2.65 bits per heavy atom. The minimum atomic E-state index is -1.07. The van der Waals surface area contributed by atoms with E-state index in [9.17, 15) is 9.59 Å². The lowest BCUT2D eigenvalue weighted by atomic mass is 10.1. The Morgan fingerprint density at radius 2 is 1.83 bits per heavy atom. The first-order valence-corrected chi connectivity index (χ1v) is 7.57. The van der Waals surface area contributed by atoms with Gasteiger partial charge in [-0.15, -0.1) is 0 Å². The van der Waals surface area contributed by atoms with Gasteiger partial charge in [-0.05, 0) is 54.2 Å². The van der Waals surface area contributed by atoms with Crippen molar-refractivity contribution in [3.63, 3.8) is 0 Å². The Kier molecular flexibility index (Phi) is 4.24. The molecule has 0 aliphatic heterocycles. The Morgan fingerprint density at radius 1 is 1.04 bits per heavy atom. The number of nitrogens with one attached hydrogen (secondary N) is 1. The van der Waals surface area contributed by atoms with Crippen LogP contribution in [-0.4, -0.2) is 17.0 Å². The average Bonchev–Trinajstić information content (AvgIpc) is 3.01. The number of aryl methyl sites for hydroxylation is 2. The molecule has 0 aromatic heterocycles. The minimum absolute atomic E-state index is 0.0757. The van der Waals surface area contributed by atoms with Gasteiger partial charge in [0.05, 0.1) is 11.3 Å². The van der Waals surface area contributed by atoms with Crippen molar-refractivity contribution >= 4 is 23.6 Å². The highest BCUT2D eigenvalue weighted by molar-refractivity contribution is 6.06. The lowest BCUT2D eigenvalue weighted by Gasteiger charge is -2.06. The van der Waals surface area contributed by atoms with Gasteiger partial charge in [0.1, 0.15) is 0 Å². The Bertz CT molecular complexity index is 793. The van der Waals surface area contributed by atoms with Gasteiger partial charge >= 0.3 is 5.97 Å². The van der Waals surface area contributed by atoms with E-state index >= 15 is 0 Å². The number of rotatable bonds is 4. The fraction of sp³-hybridized carbons (Fsp3) is 0.158. The number of carbonyl (C=O) groups excluding carboxylic acids is 1. The molecular weight excluding hydrogens is 290 g/mol. The monoisotopic (exact) mass is 307 g/mol. The maximum absolute atomic E-state index is 12.0. The molecule has 0 saturated heterocycles. The molecule has 0 heterocycles. The number of anilines is 1. The number of benzene rings is 2. The van der Waals surface area contributed by atoms with Crippen LogP contribution in [0, 0.1) is 0 Å². The van der Waals surface area contributed by atoms with E-state index in [1.54, 1.807) is 24.3 Å². The molecule has 4 heteroatoms. The maximum Gasteiger partial charge on any atom is 0.337 e. The summed E-state index contributed by atoms with van der Waals surface area (Å²) < 4.78 is 0. The van der Waals surface area contributed by atoms with Crippen molar-refractivity contribution in [1.82, 2.24) is 0 Å². The van der Waals surface area contributed by atoms with E-state index in [2.05, 4.69) is 17.4 Å². The summed E-state index contributed by atoms with van der Waals surface area (Å²) in [5.74, 6) is -1.41. The highest BCUT2D eigenvalue weighted by Gasteiger charge is 2.11. The van der Waals surface area contributed by atoms with Crippen LogP contribution in [0.15, 0.2) is 48.5 Å². The highest BCUT2D eigenvalue weighted by atomic mass is 16.4. The van der Waals surface area contributed by atoms with Crippen LogP contribution in [-0.2, 0) is 17.6 Å². The molecule has 2 aromatic carbocycles. The summed E-state index contributed by atoms with van der Waals surface area (Å²) in [6.07, 6.45) is 6.59. The number of carbonyl (C=O) groups is 2. The predicted octanol–water partition coefficient (Wildman–Crippen LogP) is 3.53. The van der Waals surface area contributed by atoms with Gasteiger partial charge < -0.3 is 10.4 Å². The maximum atomic E-state index is 12.0. The van der Waals surface area contributed by atoms with Gasteiger partial charge in [-0.25, -0.2) is 4.79 Å². The Labute approximate surface area is 134 Å². The zero-order valence-corrected chi connectivity index (χ0v) is 12.6. The van der Waals surface area contributed by atoms with Crippen LogP contribution in [0.1, 0.15) is 33.5 Å². The number of carboxylic acid groups (broad SMARTS) is 1. The Hall–Kier alpha value is -2.88. The van der Waals surface area contributed by atoms with E-state index in [0.29, 0.717) is 5.69 Å². The van der Waals surface area contributed by atoms with Crippen LogP contribution in [0.3, 0.4) is 0 Å². The smallest absolute Gasteiger partial charge is 0.337 e. The summed E-state index contributed by atoms with van der Waals surface area (Å²) in [7, 11) is 0. The molecule has 1 amide bonds. The Balaban J connectivity index is 1.71. The standard InChI is InChI=1S/C19H17NO3/c21-18(20-17-7-2-1-6-16(17)19(22)23)11-9-13-8-10-14-4-3-5-15(14)12-13/h1-2,6-12H,3-5H2,(H,20,21)(H,22,23)/b11-9+. The number of carboxylic acids is 1. The molecule has 0 bridgehead atoms.